The van der Waals surface area contributed by atoms with Crippen molar-refractivity contribution in [3.63, 3.8) is 0 Å². The predicted octanol–water partition coefficient (Wildman–Crippen LogP) is 2.61. The first-order valence-corrected chi connectivity index (χ1v) is 5.63. The highest BCUT2D eigenvalue weighted by molar-refractivity contribution is 6.32. The van der Waals surface area contributed by atoms with Gasteiger partial charge in [0, 0.05) is 11.8 Å². The molecule has 0 fully saturated rings. The number of benzene rings is 1. The van der Waals surface area contributed by atoms with E-state index in [0.717, 1.165) is 0 Å². The standard InChI is InChI=1S/C11H13ClN2O4/c1-7(2)18-6-11(15)13-8-3-4-9(12)10(5-8)14(16)17/h3-5,7H,6H2,1-2H3,(H,13,15). The smallest absolute Gasteiger partial charge is 0.289 e. The summed E-state index contributed by atoms with van der Waals surface area (Å²) in [5.74, 6) is -0.375. The second-order valence-electron chi connectivity index (χ2n) is 3.83. The predicted molar refractivity (Wildman–Crippen MR) is 67.8 cm³/mol. The second kappa shape index (κ2) is 6.32. The molecule has 1 N–H and O–H groups in total. The SMILES string of the molecule is CC(C)OCC(=O)Nc1ccc(Cl)c([N+](=O)[O-])c1. The van der Waals surface area contributed by atoms with Gasteiger partial charge in [-0.05, 0) is 26.0 Å². The largest absolute Gasteiger partial charge is 0.369 e. The number of nitrogens with zero attached hydrogens (tertiary/aromatic N) is 1. The Labute approximate surface area is 109 Å². The van der Waals surface area contributed by atoms with Gasteiger partial charge in [-0.3, -0.25) is 14.9 Å². The summed E-state index contributed by atoms with van der Waals surface area (Å²) in [7, 11) is 0. The quantitative estimate of drug-likeness (QED) is 0.660. The maximum atomic E-state index is 11.4. The Bertz CT molecular complexity index is 462. The Morgan fingerprint density at radius 1 is 1.56 bits per heavy atom. The monoisotopic (exact) mass is 272 g/mol. The number of amides is 1. The molecule has 0 heterocycles. The highest BCUT2D eigenvalue weighted by atomic mass is 35.5. The summed E-state index contributed by atoms with van der Waals surface area (Å²) in [6.07, 6.45) is -0.0599. The van der Waals surface area contributed by atoms with Crippen molar-refractivity contribution in [3.8, 4) is 0 Å². The minimum Gasteiger partial charge on any atom is -0.369 e. The molecule has 0 aliphatic carbocycles. The first kappa shape index (κ1) is 14.4. The number of halogens is 1. The van der Waals surface area contributed by atoms with Gasteiger partial charge in [0.15, 0.2) is 0 Å². The molecule has 0 saturated heterocycles. The molecule has 98 valence electrons. The molecule has 0 unspecified atom stereocenters. The molecule has 0 saturated carbocycles. The topological polar surface area (TPSA) is 81.5 Å². The molecule has 0 aliphatic heterocycles. The lowest BCUT2D eigenvalue weighted by Gasteiger charge is -2.08. The van der Waals surface area contributed by atoms with Gasteiger partial charge in [-0.1, -0.05) is 11.6 Å². The fourth-order valence-corrected chi connectivity index (χ4v) is 1.36. The highest BCUT2D eigenvalue weighted by Crippen LogP contribution is 2.27. The molecule has 1 rings (SSSR count). The van der Waals surface area contributed by atoms with Crippen LogP contribution in [0.4, 0.5) is 11.4 Å². The van der Waals surface area contributed by atoms with Crippen molar-refractivity contribution >= 4 is 28.9 Å². The normalized spacial score (nSPS) is 10.4. The molecule has 0 bridgehead atoms. The molecule has 0 aromatic heterocycles. The summed E-state index contributed by atoms with van der Waals surface area (Å²) in [5, 5.41) is 13.2. The third-order valence-electron chi connectivity index (χ3n) is 1.97. The minimum absolute atomic E-state index is 0.0245. The summed E-state index contributed by atoms with van der Waals surface area (Å²) in [4.78, 5) is 21.5. The molecule has 0 radical (unpaired) electrons. The Balaban J connectivity index is 2.70. The zero-order valence-electron chi connectivity index (χ0n) is 9.97. The Morgan fingerprint density at radius 3 is 2.78 bits per heavy atom. The molecule has 7 heteroatoms. The van der Waals surface area contributed by atoms with Crippen LogP contribution in [0.15, 0.2) is 18.2 Å². The van der Waals surface area contributed by atoms with E-state index in [1.165, 1.54) is 18.2 Å². The van der Waals surface area contributed by atoms with Gasteiger partial charge < -0.3 is 10.1 Å². The molecule has 1 aromatic carbocycles. The summed E-state index contributed by atoms with van der Waals surface area (Å²) in [6.45, 7) is 3.51. The van der Waals surface area contributed by atoms with Gasteiger partial charge in [0.2, 0.25) is 5.91 Å². The average molecular weight is 273 g/mol. The molecule has 0 spiro atoms. The van der Waals surface area contributed by atoms with Crippen molar-refractivity contribution in [1.29, 1.82) is 0 Å². The van der Waals surface area contributed by atoms with Gasteiger partial charge in [0.25, 0.3) is 5.69 Å². The van der Waals surface area contributed by atoms with E-state index in [1.54, 1.807) is 13.8 Å². The number of carbonyl (C=O) groups is 1. The molecular formula is C11H13ClN2O4. The van der Waals surface area contributed by atoms with E-state index in [0.29, 0.717) is 5.69 Å². The van der Waals surface area contributed by atoms with E-state index < -0.39 is 4.92 Å². The number of hydrogen-bond donors (Lipinski definition) is 1. The van der Waals surface area contributed by atoms with Gasteiger partial charge in [-0.25, -0.2) is 0 Å². The third-order valence-corrected chi connectivity index (χ3v) is 2.29. The summed E-state index contributed by atoms with van der Waals surface area (Å²) in [6, 6.07) is 4.05. The van der Waals surface area contributed by atoms with E-state index in [2.05, 4.69) is 5.32 Å². The van der Waals surface area contributed by atoms with E-state index in [-0.39, 0.29) is 29.3 Å². The first-order chi connectivity index (χ1) is 8.40. The van der Waals surface area contributed by atoms with Crippen LogP contribution in [0.5, 0.6) is 0 Å². The lowest BCUT2D eigenvalue weighted by Crippen LogP contribution is -2.20. The summed E-state index contributed by atoms with van der Waals surface area (Å²) < 4.78 is 5.11. The minimum atomic E-state index is -0.609. The number of anilines is 1. The van der Waals surface area contributed by atoms with Crippen LogP contribution in [0.1, 0.15) is 13.8 Å². The zero-order chi connectivity index (χ0) is 13.7. The lowest BCUT2D eigenvalue weighted by atomic mass is 10.3. The number of nitro groups is 1. The number of rotatable bonds is 5. The van der Waals surface area contributed by atoms with E-state index in [4.69, 9.17) is 16.3 Å². The van der Waals surface area contributed by atoms with Crippen LogP contribution in [0.2, 0.25) is 5.02 Å². The highest BCUT2D eigenvalue weighted by Gasteiger charge is 2.14. The van der Waals surface area contributed by atoms with Crippen LogP contribution in [-0.2, 0) is 9.53 Å². The van der Waals surface area contributed by atoms with Crippen LogP contribution in [0, 0.1) is 10.1 Å². The van der Waals surface area contributed by atoms with Gasteiger partial charge >= 0.3 is 0 Å². The van der Waals surface area contributed by atoms with Crippen LogP contribution in [-0.4, -0.2) is 23.5 Å². The fourth-order valence-electron chi connectivity index (χ4n) is 1.17. The number of nitro benzene ring substituents is 1. The van der Waals surface area contributed by atoms with E-state index in [9.17, 15) is 14.9 Å². The molecular weight excluding hydrogens is 260 g/mol. The maximum absolute atomic E-state index is 11.4. The Kier molecular flexibility index (Phi) is 5.06. The van der Waals surface area contributed by atoms with Crippen LogP contribution in [0.25, 0.3) is 0 Å². The second-order valence-corrected chi connectivity index (χ2v) is 4.24. The zero-order valence-corrected chi connectivity index (χ0v) is 10.7. The number of ether oxygens (including phenoxy) is 1. The van der Waals surface area contributed by atoms with Gasteiger partial charge in [0.05, 0.1) is 11.0 Å². The lowest BCUT2D eigenvalue weighted by molar-refractivity contribution is -0.384. The van der Waals surface area contributed by atoms with E-state index in [1.807, 2.05) is 0 Å². The average Bonchev–Trinajstić information content (AvgIpc) is 2.28. The molecule has 6 nitrogen and oxygen atoms in total. The third kappa shape index (κ3) is 4.31. The van der Waals surface area contributed by atoms with E-state index >= 15 is 0 Å². The number of nitrogens with one attached hydrogen (secondary N) is 1. The maximum Gasteiger partial charge on any atom is 0.289 e. The van der Waals surface area contributed by atoms with Crippen molar-refractivity contribution in [1.82, 2.24) is 0 Å². The summed E-state index contributed by atoms with van der Waals surface area (Å²) >= 11 is 5.65. The fraction of sp³-hybridized carbons (Fsp3) is 0.364. The first-order valence-electron chi connectivity index (χ1n) is 5.25. The van der Waals surface area contributed by atoms with Crippen molar-refractivity contribution in [3.05, 3.63) is 33.3 Å². The Hall–Kier alpha value is -1.66. The number of hydrogen-bond acceptors (Lipinski definition) is 4. The molecule has 1 aromatic rings. The molecule has 18 heavy (non-hydrogen) atoms. The van der Waals surface area contributed by atoms with Crippen LogP contribution >= 0.6 is 11.6 Å². The van der Waals surface area contributed by atoms with Crippen molar-refractivity contribution in [2.75, 3.05) is 11.9 Å². The van der Waals surface area contributed by atoms with Gasteiger partial charge in [0.1, 0.15) is 11.6 Å². The Morgan fingerprint density at radius 2 is 2.22 bits per heavy atom. The number of carbonyl (C=O) groups excluding carboxylic acids is 1. The van der Waals surface area contributed by atoms with Crippen LogP contribution in [0.3, 0.4) is 0 Å². The van der Waals surface area contributed by atoms with Gasteiger partial charge in [-0.15, -0.1) is 0 Å². The molecule has 0 aliphatic rings. The molecule has 1 amide bonds. The van der Waals surface area contributed by atoms with Crippen molar-refractivity contribution < 1.29 is 14.5 Å². The van der Waals surface area contributed by atoms with Gasteiger partial charge in [-0.2, -0.15) is 0 Å². The van der Waals surface area contributed by atoms with Crippen LogP contribution < -0.4 is 5.32 Å². The van der Waals surface area contributed by atoms with Crippen molar-refractivity contribution in [2.45, 2.75) is 20.0 Å². The van der Waals surface area contributed by atoms with Crippen molar-refractivity contribution in [2.24, 2.45) is 0 Å². The molecule has 0 atom stereocenters. The summed E-state index contributed by atoms with van der Waals surface area (Å²) in [5.41, 5.74) is 0.0581.